The number of fused-ring (bicyclic) bond motifs is 2. The minimum atomic E-state index is -0.559. The average Bonchev–Trinajstić information content (AvgIpc) is 3.09. The number of nitrogens with two attached hydrogens (primary N) is 2. The molecule has 4 aromatic rings. The van der Waals surface area contributed by atoms with Crippen LogP contribution < -0.4 is 32.5 Å². The van der Waals surface area contributed by atoms with Crippen LogP contribution in [0, 0.1) is 0 Å². The Hall–Kier alpha value is -4.87. The highest BCUT2D eigenvalue weighted by molar-refractivity contribution is 5.85. The second kappa shape index (κ2) is 16.0. The lowest BCUT2D eigenvalue weighted by molar-refractivity contribution is 0.0523. The van der Waals surface area contributed by atoms with Gasteiger partial charge in [0.05, 0.1) is 0 Å². The third kappa shape index (κ3) is 9.39. The number of nitrogens with zero attached hydrogens (tertiary/aromatic N) is 2. The number of nitrogens with one attached hydrogen (secondary N) is 1. The maximum Gasteiger partial charge on any atom is 0.410 e. The number of anilines is 2. The molecule has 0 saturated carbocycles. The highest BCUT2D eigenvalue weighted by Gasteiger charge is 2.27. The standard InChI is InChI=1S/C23H28N2O4.C14H15N3O2.ClH/c1-23(2,3)29-21(26)24-14-18-9-10-19-11-12-25(15-20(19)13-18)22(27)28-16-17-7-5-4-6-8-17;15-6-8-1-2-9-3-4-17(7-10(9)5-8)12-11(16)13(18)14(12)19;/h4-10,13H,11-12,14-16H2,1-3H3,(H,24,26);1-2,5H,3-4,6-7,15-16H2;1H. The van der Waals surface area contributed by atoms with Gasteiger partial charge in [-0.2, -0.15) is 0 Å². The summed E-state index contributed by atoms with van der Waals surface area (Å²) in [7, 11) is 0. The van der Waals surface area contributed by atoms with Crippen molar-refractivity contribution in [3.8, 4) is 0 Å². The zero-order valence-corrected chi connectivity index (χ0v) is 28.9. The zero-order chi connectivity index (χ0) is 34.4. The Balaban J connectivity index is 0.000000234. The number of hydrogen-bond donors (Lipinski definition) is 3. The first-order valence-electron chi connectivity index (χ1n) is 16.1. The molecule has 0 unspecified atom stereocenters. The van der Waals surface area contributed by atoms with E-state index in [0.29, 0.717) is 45.0 Å². The predicted octanol–water partition coefficient (Wildman–Crippen LogP) is 4.71. The van der Waals surface area contributed by atoms with Crippen LogP contribution in [0.15, 0.2) is 76.3 Å². The maximum absolute atomic E-state index is 12.4. The second-order valence-corrected chi connectivity index (χ2v) is 13.1. The third-order valence-electron chi connectivity index (χ3n) is 8.34. The number of benzene rings is 3. The minimum Gasteiger partial charge on any atom is -0.445 e. The fraction of sp³-hybridized carbons (Fsp3) is 0.351. The summed E-state index contributed by atoms with van der Waals surface area (Å²) >= 11 is 0. The van der Waals surface area contributed by atoms with E-state index in [1.54, 1.807) is 4.90 Å². The van der Waals surface area contributed by atoms with Crippen LogP contribution in [0.4, 0.5) is 21.0 Å². The van der Waals surface area contributed by atoms with E-state index in [-0.39, 0.29) is 30.8 Å². The van der Waals surface area contributed by atoms with E-state index >= 15 is 0 Å². The predicted molar refractivity (Wildman–Crippen MR) is 192 cm³/mol. The van der Waals surface area contributed by atoms with Crippen molar-refractivity contribution >= 4 is 36.0 Å². The van der Waals surface area contributed by atoms with Gasteiger partial charge in [-0.1, -0.05) is 66.7 Å². The molecular formula is C37H44ClN5O6. The van der Waals surface area contributed by atoms with Crippen molar-refractivity contribution in [2.75, 3.05) is 23.7 Å². The number of rotatable bonds is 6. The van der Waals surface area contributed by atoms with Crippen LogP contribution in [0.5, 0.6) is 0 Å². The van der Waals surface area contributed by atoms with Gasteiger partial charge in [-0.05, 0) is 72.6 Å². The lowest BCUT2D eigenvalue weighted by Gasteiger charge is -2.31. The first-order valence-corrected chi connectivity index (χ1v) is 16.1. The average molecular weight is 690 g/mol. The summed E-state index contributed by atoms with van der Waals surface area (Å²) in [5, 5.41) is 2.77. The Labute approximate surface area is 292 Å². The SMILES string of the molecule is CC(C)(C)OC(=O)NCc1ccc2c(c1)CN(C(=O)OCc1ccccc1)CC2.Cl.NCc1ccc2c(c1)CN(c1c(N)c(=O)c1=O)CC2. The summed E-state index contributed by atoms with van der Waals surface area (Å²) in [4.78, 5) is 50.6. The summed E-state index contributed by atoms with van der Waals surface area (Å²) in [6.07, 6.45) is 0.881. The molecule has 11 nitrogen and oxygen atoms in total. The normalized spacial score (nSPS) is 13.6. The molecule has 0 spiro atoms. The Morgan fingerprint density at radius 3 is 2.10 bits per heavy atom. The zero-order valence-electron chi connectivity index (χ0n) is 28.1. The molecule has 12 heteroatoms. The van der Waals surface area contributed by atoms with E-state index in [2.05, 4.69) is 23.5 Å². The minimum absolute atomic E-state index is 0. The van der Waals surface area contributed by atoms with E-state index in [4.69, 9.17) is 20.9 Å². The van der Waals surface area contributed by atoms with E-state index in [9.17, 15) is 19.2 Å². The van der Waals surface area contributed by atoms with E-state index in [1.807, 2.05) is 74.2 Å². The Morgan fingerprint density at radius 1 is 0.816 bits per heavy atom. The number of alkyl carbamates (subject to hydrolysis) is 1. The molecule has 49 heavy (non-hydrogen) atoms. The third-order valence-corrected chi connectivity index (χ3v) is 8.34. The number of hydrogen-bond acceptors (Lipinski definition) is 9. The van der Waals surface area contributed by atoms with Crippen LogP contribution in [-0.4, -0.2) is 35.8 Å². The molecule has 4 aromatic carbocycles. The molecule has 0 fully saturated rings. The largest absolute Gasteiger partial charge is 0.445 e. The van der Waals surface area contributed by atoms with Crippen molar-refractivity contribution < 1.29 is 19.1 Å². The number of carbonyl (C=O) groups is 2. The highest BCUT2D eigenvalue weighted by Crippen LogP contribution is 2.26. The van der Waals surface area contributed by atoms with Gasteiger partial charge in [0.2, 0.25) is 0 Å². The summed E-state index contributed by atoms with van der Waals surface area (Å²) in [6, 6.07) is 21.9. The van der Waals surface area contributed by atoms with Crippen LogP contribution in [0.2, 0.25) is 0 Å². The smallest absolute Gasteiger partial charge is 0.410 e. The first kappa shape index (κ1) is 37.0. The second-order valence-electron chi connectivity index (χ2n) is 13.1. The molecule has 2 aliphatic heterocycles. The number of ether oxygens (including phenoxy) is 2. The Kier molecular flexibility index (Phi) is 12.1. The first-order chi connectivity index (χ1) is 22.9. The molecule has 2 amide bonds. The van der Waals surface area contributed by atoms with E-state index in [1.165, 1.54) is 11.1 Å². The number of nitrogen functional groups attached to an aromatic ring is 1. The fourth-order valence-electron chi connectivity index (χ4n) is 5.81. The van der Waals surface area contributed by atoms with Gasteiger partial charge >= 0.3 is 12.2 Å². The van der Waals surface area contributed by atoms with Crippen LogP contribution in [0.1, 0.15) is 59.7 Å². The molecule has 0 aromatic heterocycles. The van der Waals surface area contributed by atoms with Crippen molar-refractivity contribution in [1.82, 2.24) is 10.2 Å². The molecule has 2 heterocycles. The number of halogens is 1. The van der Waals surface area contributed by atoms with Gasteiger partial charge < -0.3 is 36.1 Å². The van der Waals surface area contributed by atoms with Crippen molar-refractivity contribution in [3.63, 3.8) is 0 Å². The molecule has 5 N–H and O–H groups in total. The van der Waals surface area contributed by atoms with Gasteiger partial charge in [0.15, 0.2) is 0 Å². The molecule has 0 aliphatic carbocycles. The highest BCUT2D eigenvalue weighted by atomic mass is 35.5. The fourth-order valence-corrected chi connectivity index (χ4v) is 5.81. The summed E-state index contributed by atoms with van der Waals surface area (Å²) in [5.41, 5.74) is 17.9. The lowest BCUT2D eigenvalue weighted by atomic mass is 9.96. The Bertz CT molecular complexity index is 1850. The molecule has 0 atom stereocenters. The quantitative estimate of drug-likeness (QED) is 0.244. The van der Waals surface area contributed by atoms with Crippen LogP contribution in [0.25, 0.3) is 0 Å². The van der Waals surface area contributed by atoms with Gasteiger partial charge in [0.1, 0.15) is 23.6 Å². The van der Waals surface area contributed by atoms with E-state index in [0.717, 1.165) is 40.7 Å². The summed E-state index contributed by atoms with van der Waals surface area (Å²) in [6.45, 7) is 9.09. The molecule has 0 bridgehead atoms. The molecule has 6 rings (SSSR count). The summed E-state index contributed by atoms with van der Waals surface area (Å²) in [5.74, 6) is 0. The topological polar surface area (TPSA) is 157 Å². The number of amides is 2. The lowest BCUT2D eigenvalue weighted by Crippen LogP contribution is -2.44. The van der Waals surface area contributed by atoms with E-state index < -0.39 is 22.6 Å². The monoisotopic (exact) mass is 689 g/mol. The van der Waals surface area contributed by atoms with Crippen molar-refractivity contribution in [3.05, 3.63) is 126 Å². The van der Waals surface area contributed by atoms with Crippen molar-refractivity contribution in [2.24, 2.45) is 5.73 Å². The van der Waals surface area contributed by atoms with Crippen molar-refractivity contribution in [1.29, 1.82) is 0 Å². The van der Waals surface area contributed by atoms with Crippen molar-refractivity contribution in [2.45, 2.75) is 72.0 Å². The van der Waals surface area contributed by atoms with Gasteiger partial charge in [-0.3, -0.25) is 9.59 Å². The van der Waals surface area contributed by atoms with Crippen LogP contribution >= 0.6 is 12.4 Å². The van der Waals surface area contributed by atoms with Crippen LogP contribution in [-0.2, 0) is 55.1 Å². The Morgan fingerprint density at radius 2 is 1.45 bits per heavy atom. The molecule has 2 aliphatic rings. The van der Waals surface area contributed by atoms with Crippen LogP contribution in [0.3, 0.4) is 0 Å². The molecule has 260 valence electrons. The molecule has 0 radical (unpaired) electrons. The summed E-state index contributed by atoms with van der Waals surface area (Å²) < 4.78 is 10.7. The molecule has 0 saturated heterocycles. The number of carbonyl (C=O) groups excluding carboxylic acids is 2. The van der Waals surface area contributed by atoms with Gasteiger partial charge in [0.25, 0.3) is 10.9 Å². The maximum atomic E-state index is 12.4. The van der Waals surface area contributed by atoms with Gasteiger partial charge in [-0.25, -0.2) is 9.59 Å². The van der Waals surface area contributed by atoms with Gasteiger partial charge in [0, 0.05) is 39.3 Å². The molecular weight excluding hydrogens is 646 g/mol. The van der Waals surface area contributed by atoms with Gasteiger partial charge in [-0.15, -0.1) is 12.4 Å².